The van der Waals surface area contributed by atoms with Gasteiger partial charge in [-0.2, -0.15) is 0 Å². The SMILES string of the molecule is O=C(O)C1C2CCC(CC2)C1Nc1nc(-c2cn(C(c3ccccc3)(c3ccccc3)c3ccccc3)c3ncc(Cl)nc23)nc(-c2ccccn2)c1F. The highest BCUT2D eigenvalue weighted by atomic mass is 35.5. The predicted molar refractivity (Wildman–Crippen MR) is 205 cm³/mol. The number of anilines is 1. The fraction of sp³-hybridized carbons (Fsp3) is 0.209. The lowest BCUT2D eigenvalue weighted by Crippen LogP contribution is -2.51. The first-order chi connectivity index (χ1) is 26.4. The molecule has 0 aliphatic heterocycles. The van der Waals surface area contributed by atoms with E-state index >= 15 is 4.39 Å². The van der Waals surface area contributed by atoms with Crippen molar-refractivity contribution in [2.24, 2.45) is 17.8 Å². The summed E-state index contributed by atoms with van der Waals surface area (Å²) in [4.78, 5) is 36.4. The second-order valence-electron chi connectivity index (χ2n) is 14.1. The normalized spacial score (nSPS) is 19.5. The van der Waals surface area contributed by atoms with E-state index in [2.05, 4.69) is 51.3 Å². The van der Waals surface area contributed by atoms with E-state index < -0.39 is 29.3 Å². The number of carbonyl (C=O) groups is 1. The van der Waals surface area contributed by atoms with Crippen LogP contribution in [0.5, 0.6) is 0 Å². The van der Waals surface area contributed by atoms with Crippen molar-refractivity contribution in [1.82, 2.24) is 29.5 Å². The number of carboxylic acid groups (broad SMARTS) is 1. The van der Waals surface area contributed by atoms with Crippen LogP contribution >= 0.6 is 11.6 Å². The van der Waals surface area contributed by atoms with Crippen LogP contribution in [-0.2, 0) is 10.3 Å². The maximum atomic E-state index is 16.8. The van der Waals surface area contributed by atoms with Gasteiger partial charge in [-0.3, -0.25) is 9.78 Å². The molecular formula is C43H35ClFN7O2. The first-order valence-electron chi connectivity index (χ1n) is 18.1. The van der Waals surface area contributed by atoms with Crippen LogP contribution in [0.25, 0.3) is 33.9 Å². The molecule has 2 N–H and O–H groups in total. The molecule has 11 heteroatoms. The molecule has 0 amide bonds. The zero-order chi connectivity index (χ0) is 36.8. The molecule has 4 heterocycles. The molecule has 0 radical (unpaired) electrons. The first-order valence-corrected chi connectivity index (χ1v) is 18.5. The van der Waals surface area contributed by atoms with Crippen molar-refractivity contribution < 1.29 is 14.3 Å². The Morgan fingerprint density at radius 2 is 1.37 bits per heavy atom. The summed E-state index contributed by atoms with van der Waals surface area (Å²) >= 11 is 6.59. The molecule has 54 heavy (non-hydrogen) atoms. The summed E-state index contributed by atoms with van der Waals surface area (Å²) in [5.74, 6) is -2.08. The van der Waals surface area contributed by atoms with E-state index in [0.29, 0.717) is 22.4 Å². The molecule has 4 aromatic heterocycles. The van der Waals surface area contributed by atoms with E-state index in [1.165, 1.54) is 6.20 Å². The number of fused-ring (bicyclic) bond motifs is 4. The Kier molecular flexibility index (Phi) is 8.62. The van der Waals surface area contributed by atoms with Gasteiger partial charge < -0.3 is 15.0 Å². The van der Waals surface area contributed by atoms with E-state index in [1.807, 2.05) is 60.8 Å². The number of aliphatic carboxylic acids is 1. The molecule has 3 saturated carbocycles. The predicted octanol–water partition coefficient (Wildman–Crippen LogP) is 8.88. The highest BCUT2D eigenvalue weighted by molar-refractivity contribution is 6.29. The average Bonchev–Trinajstić information content (AvgIpc) is 3.59. The fourth-order valence-electron chi connectivity index (χ4n) is 8.85. The van der Waals surface area contributed by atoms with Crippen molar-refractivity contribution in [3.8, 4) is 22.8 Å². The topological polar surface area (TPSA) is 119 Å². The molecule has 2 atom stereocenters. The third kappa shape index (κ3) is 5.60. The number of hydrogen-bond donors (Lipinski definition) is 2. The monoisotopic (exact) mass is 735 g/mol. The molecule has 2 unspecified atom stereocenters. The molecule has 3 aliphatic rings. The number of halogens is 2. The summed E-state index contributed by atoms with van der Waals surface area (Å²) in [5, 5.41) is 13.8. The third-order valence-electron chi connectivity index (χ3n) is 11.2. The summed E-state index contributed by atoms with van der Waals surface area (Å²) in [6.45, 7) is 0. The highest BCUT2D eigenvalue weighted by Gasteiger charge is 2.48. The Labute approximate surface area is 316 Å². The smallest absolute Gasteiger partial charge is 0.308 e. The van der Waals surface area contributed by atoms with Crippen LogP contribution in [0.15, 0.2) is 128 Å². The zero-order valence-electron chi connectivity index (χ0n) is 29.1. The molecule has 3 aliphatic carbocycles. The quantitative estimate of drug-likeness (QED) is 0.141. The van der Waals surface area contributed by atoms with Gasteiger partial charge in [-0.05, 0) is 66.3 Å². The van der Waals surface area contributed by atoms with Gasteiger partial charge in [-0.25, -0.2) is 24.3 Å². The standard InChI is InChI=1S/C43H35ClFN7O2/c44-33-24-47-41-37(48-33)31(25-52(41)43(28-12-4-1-5-13-28,29-14-6-2-7-15-29)30-16-8-3-9-17-30)39-50-38(32-18-10-11-23-46-32)35(45)40(51-39)49-36-27-21-19-26(20-22-27)34(36)42(53)54/h1-18,23-27,34,36H,19-22H2,(H,53,54)(H,49,50,51). The van der Waals surface area contributed by atoms with Gasteiger partial charge in [-0.15, -0.1) is 0 Å². The van der Waals surface area contributed by atoms with Crippen molar-refractivity contribution >= 4 is 34.6 Å². The van der Waals surface area contributed by atoms with Gasteiger partial charge in [0.15, 0.2) is 23.1 Å². The van der Waals surface area contributed by atoms with Gasteiger partial charge in [0.1, 0.15) is 21.9 Å². The molecule has 3 aromatic carbocycles. The summed E-state index contributed by atoms with van der Waals surface area (Å²) in [5.41, 5.74) is 3.59. The van der Waals surface area contributed by atoms with Crippen molar-refractivity contribution in [2.75, 3.05) is 5.32 Å². The molecule has 10 rings (SSSR count). The fourth-order valence-corrected chi connectivity index (χ4v) is 8.98. The van der Waals surface area contributed by atoms with E-state index in [1.54, 1.807) is 24.4 Å². The van der Waals surface area contributed by atoms with Crippen LogP contribution in [0.4, 0.5) is 10.2 Å². The van der Waals surface area contributed by atoms with Gasteiger partial charge in [0.25, 0.3) is 0 Å². The summed E-state index contributed by atoms with van der Waals surface area (Å²) < 4.78 is 18.9. The zero-order valence-corrected chi connectivity index (χ0v) is 29.8. The number of pyridine rings is 1. The molecule has 2 bridgehead atoms. The minimum absolute atomic E-state index is 0.0158. The van der Waals surface area contributed by atoms with Gasteiger partial charge in [0, 0.05) is 18.4 Å². The lowest BCUT2D eigenvalue weighted by atomic mass is 9.61. The Balaban J connectivity index is 1.32. The lowest BCUT2D eigenvalue weighted by Gasteiger charge is -2.47. The van der Waals surface area contributed by atoms with Crippen LogP contribution in [0, 0.1) is 23.6 Å². The maximum Gasteiger partial charge on any atom is 0.308 e. The lowest BCUT2D eigenvalue weighted by molar-refractivity contribution is -0.148. The van der Waals surface area contributed by atoms with Gasteiger partial charge >= 0.3 is 5.97 Å². The second kappa shape index (κ2) is 13.8. The highest BCUT2D eigenvalue weighted by Crippen LogP contribution is 2.48. The molecule has 3 fully saturated rings. The largest absolute Gasteiger partial charge is 0.481 e. The van der Waals surface area contributed by atoms with E-state index in [0.717, 1.165) is 42.4 Å². The van der Waals surface area contributed by atoms with Crippen LogP contribution < -0.4 is 5.32 Å². The third-order valence-corrected chi connectivity index (χ3v) is 11.4. The van der Waals surface area contributed by atoms with Crippen LogP contribution in [0.2, 0.25) is 5.15 Å². The minimum atomic E-state index is -0.968. The van der Waals surface area contributed by atoms with Crippen molar-refractivity contribution in [2.45, 2.75) is 37.3 Å². The Bertz CT molecular complexity index is 2360. The minimum Gasteiger partial charge on any atom is -0.481 e. The number of benzene rings is 3. The molecular weight excluding hydrogens is 701 g/mol. The first kappa shape index (κ1) is 33.8. The molecule has 0 spiro atoms. The maximum absolute atomic E-state index is 16.8. The summed E-state index contributed by atoms with van der Waals surface area (Å²) in [6, 6.07) is 35.2. The molecule has 0 saturated heterocycles. The molecule has 9 nitrogen and oxygen atoms in total. The van der Waals surface area contributed by atoms with Crippen molar-refractivity contribution in [1.29, 1.82) is 0 Å². The van der Waals surface area contributed by atoms with E-state index in [4.69, 9.17) is 31.5 Å². The van der Waals surface area contributed by atoms with Crippen LogP contribution in [0.1, 0.15) is 42.4 Å². The number of nitrogens with one attached hydrogen (secondary N) is 1. The van der Waals surface area contributed by atoms with Crippen LogP contribution in [0.3, 0.4) is 0 Å². The Hall–Kier alpha value is -6.00. The van der Waals surface area contributed by atoms with Gasteiger partial charge in [0.2, 0.25) is 0 Å². The van der Waals surface area contributed by atoms with E-state index in [9.17, 15) is 9.90 Å². The van der Waals surface area contributed by atoms with E-state index in [-0.39, 0.29) is 34.3 Å². The van der Waals surface area contributed by atoms with Gasteiger partial charge in [0.05, 0.1) is 23.4 Å². The number of rotatable bonds is 9. The van der Waals surface area contributed by atoms with Crippen molar-refractivity contribution in [3.63, 3.8) is 0 Å². The van der Waals surface area contributed by atoms with Gasteiger partial charge in [-0.1, -0.05) is 109 Å². The number of nitrogens with zero attached hydrogens (tertiary/aromatic N) is 6. The number of hydrogen-bond acceptors (Lipinski definition) is 7. The average molecular weight is 736 g/mol. The Morgan fingerprint density at radius 1 is 0.778 bits per heavy atom. The number of aromatic nitrogens is 6. The van der Waals surface area contributed by atoms with Crippen molar-refractivity contribution in [3.05, 3.63) is 155 Å². The molecule has 268 valence electrons. The molecule has 7 aromatic rings. The summed E-state index contributed by atoms with van der Waals surface area (Å²) in [7, 11) is 0. The Morgan fingerprint density at radius 3 is 1.94 bits per heavy atom. The summed E-state index contributed by atoms with van der Waals surface area (Å²) in [6.07, 6.45) is 8.45. The second-order valence-corrected chi connectivity index (χ2v) is 14.5. The van der Waals surface area contributed by atoms with Crippen LogP contribution in [-0.4, -0.2) is 46.6 Å². The number of carboxylic acids is 1.